The molecule has 1 nitrogen and oxygen atoms in total. The molecular formula is C9H20O. The smallest absolute Gasteiger partial charge is 0.0591 e. The summed E-state index contributed by atoms with van der Waals surface area (Å²) in [5, 5.41) is 9.57. The third kappa shape index (κ3) is 2.70. The molecular weight excluding hydrogens is 124 g/mol. The van der Waals surface area contributed by atoms with E-state index in [1.807, 2.05) is 0 Å². The molecule has 0 saturated heterocycles. The van der Waals surface area contributed by atoms with Gasteiger partial charge < -0.3 is 5.11 Å². The Labute approximate surface area is 64.5 Å². The van der Waals surface area contributed by atoms with Gasteiger partial charge in [0, 0.05) is 0 Å². The summed E-state index contributed by atoms with van der Waals surface area (Å²) in [6, 6.07) is 0. The topological polar surface area (TPSA) is 20.2 Å². The highest BCUT2D eigenvalue weighted by Crippen LogP contribution is 2.19. The van der Waals surface area contributed by atoms with E-state index in [0.717, 1.165) is 0 Å². The fraction of sp³-hybridized carbons (Fsp3) is 1.00. The maximum absolute atomic E-state index is 9.57. The minimum absolute atomic E-state index is 0.139. The Morgan fingerprint density at radius 3 is 1.30 bits per heavy atom. The second kappa shape index (κ2) is 3.97. The van der Waals surface area contributed by atoms with Crippen LogP contribution in [0.25, 0.3) is 0 Å². The van der Waals surface area contributed by atoms with Gasteiger partial charge in [-0.2, -0.15) is 0 Å². The molecule has 0 saturated carbocycles. The fourth-order valence-corrected chi connectivity index (χ4v) is 1.00. The lowest BCUT2D eigenvalue weighted by atomic mass is 9.86. The SMILES string of the molecule is CC(C)[C@@H](O)[C@@H](C)C(C)C. The number of aliphatic hydroxyl groups is 1. The first-order valence-corrected chi connectivity index (χ1v) is 4.14. The molecule has 0 unspecified atom stereocenters. The van der Waals surface area contributed by atoms with Crippen molar-refractivity contribution in [1.29, 1.82) is 0 Å². The molecule has 0 aliphatic rings. The number of hydrogen-bond acceptors (Lipinski definition) is 1. The lowest BCUT2D eigenvalue weighted by Gasteiger charge is -2.25. The third-order valence-electron chi connectivity index (χ3n) is 2.27. The predicted octanol–water partition coefficient (Wildman–Crippen LogP) is 2.30. The molecule has 0 rings (SSSR count). The van der Waals surface area contributed by atoms with Crippen LogP contribution in [0.4, 0.5) is 0 Å². The second-order valence-electron chi connectivity index (χ2n) is 3.84. The summed E-state index contributed by atoms with van der Waals surface area (Å²) in [5.41, 5.74) is 0. The van der Waals surface area contributed by atoms with E-state index in [0.29, 0.717) is 17.8 Å². The molecule has 1 heteroatoms. The van der Waals surface area contributed by atoms with Crippen LogP contribution in [-0.4, -0.2) is 11.2 Å². The maximum atomic E-state index is 9.57. The molecule has 0 bridgehead atoms. The Balaban J connectivity index is 3.81. The molecule has 0 fully saturated rings. The first kappa shape index (κ1) is 9.96. The van der Waals surface area contributed by atoms with Gasteiger partial charge >= 0.3 is 0 Å². The van der Waals surface area contributed by atoms with Gasteiger partial charge in [-0.1, -0.05) is 34.6 Å². The molecule has 0 aromatic carbocycles. The first-order valence-electron chi connectivity index (χ1n) is 4.14. The first-order chi connectivity index (χ1) is 4.46. The molecule has 0 aromatic rings. The molecule has 0 aromatic heterocycles. The van der Waals surface area contributed by atoms with Gasteiger partial charge in [0.2, 0.25) is 0 Å². The van der Waals surface area contributed by atoms with E-state index in [2.05, 4.69) is 34.6 Å². The molecule has 0 spiro atoms. The zero-order chi connectivity index (χ0) is 8.31. The Hall–Kier alpha value is -0.0400. The molecule has 2 atom stereocenters. The highest BCUT2D eigenvalue weighted by Gasteiger charge is 2.19. The van der Waals surface area contributed by atoms with Gasteiger partial charge in [0.25, 0.3) is 0 Å². The van der Waals surface area contributed by atoms with E-state index < -0.39 is 0 Å². The molecule has 1 N–H and O–H groups in total. The van der Waals surface area contributed by atoms with Crippen molar-refractivity contribution in [3.63, 3.8) is 0 Å². The molecule has 0 aliphatic carbocycles. The molecule has 0 aliphatic heterocycles. The predicted molar refractivity (Wildman–Crippen MR) is 44.8 cm³/mol. The Morgan fingerprint density at radius 2 is 1.20 bits per heavy atom. The van der Waals surface area contributed by atoms with Crippen LogP contribution in [0, 0.1) is 17.8 Å². The third-order valence-corrected chi connectivity index (χ3v) is 2.27. The van der Waals surface area contributed by atoms with Crippen LogP contribution in [0.2, 0.25) is 0 Å². The normalized spacial score (nSPS) is 18.0. The van der Waals surface area contributed by atoms with Crippen molar-refractivity contribution in [2.45, 2.75) is 40.7 Å². The van der Waals surface area contributed by atoms with E-state index in [4.69, 9.17) is 0 Å². The minimum Gasteiger partial charge on any atom is -0.393 e. The summed E-state index contributed by atoms with van der Waals surface area (Å²) in [6.45, 7) is 10.5. The van der Waals surface area contributed by atoms with Crippen molar-refractivity contribution >= 4 is 0 Å². The van der Waals surface area contributed by atoms with E-state index in [1.54, 1.807) is 0 Å². The van der Waals surface area contributed by atoms with E-state index >= 15 is 0 Å². The van der Waals surface area contributed by atoms with Crippen molar-refractivity contribution in [2.24, 2.45) is 17.8 Å². The zero-order valence-corrected chi connectivity index (χ0v) is 7.76. The van der Waals surface area contributed by atoms with Crippen LogP contribution >= 0.6 is 0 Å². The van der Waals surface area contributed by atoms with Crippen LogP contribution < -0.4 is 0 Å². The van der Waals surface area contributed by atoms with Crippen molar-refractivity contribution in [3.05, 3.63) is 0 Å². The van der Waals surface area contributed by atoms with E-state index in [9.17, 15) is 5.11 Å². The monoisotopic (exact) mass is 144 g/mol. The quantitative estimate of drug-likeness (QED) is 0.644. The van der Waals surface area contributed by atoms with Gasteiger partial charge in [0.05, 0.1) is 6.10 Å². The minimum atomic E-state index is -0.139. The summed E-state index contributed by atoms with van der Waals surface area (Å²) in [7, 11) is 0. The Morgan fingerprint density at radius 1 is 0.800 bits per heavy atom. The average molecular weight is 144 g/mol. The summed E-state index contributed by atoms with van der Waals surface area (Å²) >= 11 is 0. The summed E-state index contributed by atoms with van der Waals surface area (Å²) in [6.07, 6.45) is -0.139. The van der Waals surface area contributed by atoms with Crippen molar-refractivity contribution in [1.82, 2.24) is 0 Å². The lowest BCUT2D eigenvalue weighted by Crippen LogP contribution is -2.27. The summed E-state index contributed by atoms with van der Waals surface area (Å²) < 4.78 is 0. The maximum Gasteiger partial charge on any atom is 0.0591 e. The van der Waals surface area contributed by atoms with Gasteiger partial charge in [-0.15, -0.1) is 0 Å². The van der Waals surface area contributed by atoms with Crippen LogP contribution in [0.1, 0.15) is 34.6 Å². The van der Waals surface area contributed by atoms with Crippen molar-refractivity contribution in [2.75, 3.05) is 0 Å². The van der Waals surface area contributed by atoms with Crippen LogP contribution in [0.3, 0.4) is 0 Å². The summed E-state index contributed by atoms with van der Waals surface area (Å²) in [4.78, 5) is 0. The van der Waals surface area contributed by atoms with Gasteiger partial charge in [-0.05, 0) is 17.8 Å². The molecule has 0 radical (unpaired) electrons. The average Bonchev–Trinajstić information content (AvgIpc) is 1.84. The van der Waals surface area contributed by atoms with Gasteiger partial charge in [0.15, 0.2) is 0 Å². The van der Waals surface area contributed by atoms with Crippen LogP contribution in [0.5, 0.6) is 0 Å². The lowest BCUT2D eigenvalue weighted by molar-refractivity contribution is 0.0517. The molecule has 62 valence electrons. The van der Waals surface area contributed by atoms with E-state index in [-0.39, 0.29) is 6.10 Å². The molecule has 10 heavy (non-hydrogen) atoms. The number of rotatable bonds is 3. The largest absolute Gasteiger partial charge is 0.393 e. The van der Waals surface area contributed by atoms with Gasteiger partial charge in [0.1, 0.15) is 0 Å². The molecule has 0 heterocycles. The highest BCUT2D eigenvalue weighted by atomic mass is 16.3. The van der Waals surface area contributed by atoms with Crippen LogP contribution in [-0.2, 0) is 0 Å². The van der Waals surface area contributed by atoms with Crippen LogP contribution in [0.15, 0.2) is 0 Å². The number of hydrogen-bond donors (Lipinski definition) is 1. The fourth-order valence-electron chi connectivity index (χ4n) is 1.00. The standard InChI is InChI=1S/C9H20O/c1-6(2)8(5)9(10)7(3)4/h6-10H,1-5H3/t8-,9+/m0/s1. The highest BCUT2D eigenvalue weighted by molar-refractivity contribution is 4.69. The van der Waals surface area contributed by atoms with Gasteiger partial charge in [-0.25, -0.2) is 0 Å². The van der Waals surface area contributed by atoms with Crippen molar-refractivity contribution in [3.8, 4) is 0 Å². The van der Waals surface area contributed by atoms with Crippen molar-refractivity contribution < 1.29 is 5.11 Å². The molecule has 0 amide bonds. The zero-order valence-electron chi connectivity index (χ0n) is 7.76. The Kier molecular flexibility index (Phi) is 3.95. The summed E-state index contributed by atoms with van der Waals surface area (Å²) in [5.74, 6) is 1.38. The number of aliphatic hydroxyl groups excluding tert-OH is 1. The Bertz CT molecular complexity index is 74.7. The van der Waals surface area contributed by atoms with E-state index in [1.165, 1.54) is 0 Å². The second-order valence-corrected chi connectivity index (χ2v) is 3.84. The van der Waals surface area contributed by atoms with Gasteiger partial charge in [-0.3, -0.25) is 0 Å².